The number of rotatable bonds is 11. The molecule has 1 aliphatic heterocycles. The van der Waals surface area contributed by atoms with Gasteiger partial charge in [-0.05, 0) is 62.0 Å². The lowest BCUT2D eigenvalue weighted by atomic mass is 10.0. The molecule has 0 bridgehead atoms. The van der Waals surface area contributed by atoms with Crippen LogP contribution in [0.4, 0.5) is 0 Å². The van der Waals surface area contributed by atoms with E-state index in [1.54, 1.807) is 36.0 Å². The van der Waals surface area contributed by atoms with E-state index in [1.807, 2.05) is 62.4 Å². The fourth-order valence-corrected chi connectivity index (χ4v) is 8.74. The van der Waals surface area contributed by atoms with E-state index in [4.69, 9.17) is 12.2 Å². The van der Waals surface area contributed by atoms with Crippen molar-refractivity contribution in [3.8, 4) is 0 Å². The van der Waals surface area contributed by atoms with E-state index in [1.165, 1.54) is 0 Å². The van der Waals surface area contributed by atoms with Crippen LogP contribution in [0.15, 0.2) is 83.0 Å². The molecule has 0 spiro atoms. The summed E-state index contributed by atoms with van der Waals surface area (Å²) in [5.41, 5.74) is 4.09. The molecule has 0 radical (unpaired) electrons. The number of carbonyl (C=O) groups excluding carboxylic acids is 1. The first-order chi connectivity index (χ1) is 19.8. The van der Waals surface area contributed by atoms with Crippen molar-refractivity contribution in [2.24, 2.45) is 10.2 Å². The zero-order valence-electron chi connectivity index (χ0n) is 23.1. The minimum atomic E-state index is -3.56. The molecular formula is C31H32N5O2PS2. The van der Waals surface area contributed by atoms with Crippen molar-refractivity contribution >= 4 is 58.0 Å². The maximum atomic E-state index is 14.6. The quantitative estimate of drug-likeness (QED) is 0.109. The fraction of sp³-hybridized carbons (Fsp3) is 0.258. The van der Waals surface area contributed by atoms with Crippen LogP contribution < -0.4 is 10.6 Å². The molecule has 0 aliphatic carbocycles. The topological polar surface area (TPSA) is 103 Å². The van der Waals surface area contributed by atoms with Gasteiger partial charge in [-0.1, -0.05) is 72.8 Å². The summed E-state index contributed by atoms with van der Waals surface area (Å²) in [5, 5.41) is 16.7. The van der Waals surface area contributed by atoms with Gasteiger partial charge in [0.05, 0.1) is 0 Å². The first kappa shape index (κ1) is 29.1. The van der Waals surface area contributed by atoms with Gasteiger partial charge < -0.3 is 4.57 Å². The largest absolute Gasteiger partial charge is 0.305 e. The third kappa shape index (κ3) is 6.75. The SMILES string of the molecule is Cc1cc(CSC2=NN=C(CCCCc3nc(=S)[nH][nH]3)C2)cc(C)c1C(=O)P(=O)(c1ccccc1)c1ccccc1. The van der Waals surface area contributed by atoms with Crippen molar-refractivity contribution in [1.29, 1.82) is 0 Å². The van der Waals surface area contributed by atoms with Crippen LogP contribution in [0.5, 0.6) is 0 Å². The highest BCUT2D eigenvalue weighted by Crippen LogP contribution is 2.48. The maximum Gasteiger partial charge on any atom is 0.230 e. The summed E-state index contributed by atoms with van der Waals surface area (Å²) in [6.07, 6.45) is 4.57. The van der Waals surface area contributed by atoms with E-state index in [-0.39, 0.29) is 5.52 Å². The number of aromatic nitrogens is 3. The third-order valence-corrected chi connectivity index (χ3v) is 11.2. The number of unbranched alkanes of at least 4 members (excludes halogenated alkanes) is 1. The average molecular weight is 602 g/mol. The first-order valence-corrected chi connectivity index (χ1v) is 16.7. The number of hydrogen-bond acceptors (Lipinski definition) is 7. The Balaban J connectivity index is 1.22. The van der Waals surface area contributed by atoms with E-state index in [0.29, 0.717) is 20.9 Å². The average Bonchev–Trinajstić information content (AvgIpc) is 3.62. The van der Waals surface area contributed by atoms with E-state index < -0.39 is 7.14 Å². The Kier molecular flexibility index (Phi) is 9.28. The van der Waals surface area contributed by atoms with Crippen LogP contribution in [0.2, 0.25) is 0 Å². The highest BCUT2D eigenvalue weighted by atomic mass is 32.2. The normalized spacial score (nSPS) is 13.2. The maximum absolute atomic E-state index is 14.6. The molecule has 41 heavy (non-hydrogen) atoms. The molecule has 4 aromatic rings. The summed E-state index contributed by atoms with van der Waals surface area (Å²) in [6, 6.07) is 22.3. The van der Waals surface area contributed by atoms with Gasteiger partial charge in [0, 0.05) is 40.5 Å². The van der Waals surface area contributed by atoms with Crippen molar-refractivity contribution in [1.82, 2.24) is 15.2 Å². The standard InChI is InChI=1S/C31H32N5O2PS2/c1-21-17-23(20-41-28-19-24(33-35-28)11-9-10-16-27-32-31(40)36-34-27)18-22(2)29(21)30(37)39(38,25-12-5-3-6-13-25)26-14-7-4-8-15-26/h3-8,12-15,17-18H,9-11,16,19-20H2,1-2H3,(H2,32,34,36,40). The second-order valence-electron chi connectivity index (χ2n) is 10.1. The highest BCUT2D eigenvalue weighted by molar-refractivity contribution is 8.13. The van der Waals surface area contributed by atoms with Gasteiger partial charge in [0.2, 0.25) is 17.4 Å². The molecule has 5 rings (SSSR count). The van der Waals surface area contributed by atoms with Gasteiger partial charge in [-0.3, -0.25) is 15.0 Å². The molecule has 10 heteroatoms. The summed E-state index contributed by atoms with van der Waals surface area (Å²) < 4.78 is 15.1. The van der Waals surface area contributed by atoms with Gasteiger partial charge in [-0.2, -0.15) is 5.10 Å². The Morgan fingerprint density at radius 1 is 0.902 bits per heavy atom. The van der Waals surface area contributed by atoms with E-state index >= 15 is 0 Å². The monoisotopic (exact) mass is 601 g/mol. The second kappa shape index (κ2) is 13.1. The molecule has 0 atom stereocenters. The number of aromatic amines is 2. The predicted octanol–water partition coefficient (Wildman–Crippen LogP) is 7.04. The molecule has 3 aromatic carbocycles. The lowest BCUT2D eigenvalue weighted by Crippen LogP contribution is -2.23. The zero-order chi connectivity index (χ0) is 28.8. The smallest absolute Gasteiger partial charge is 0.230 e. The lowest BCUT2D eigenvalue weighted by molar-refractivity contribution is 0.107. The van der Waals surface area contributed by atoms with Crippen LogP contribution in [-0.4, -0.2) is 31.5 Å². The molecule has 7 nitrogen and oxygen atoms in total. The molecule has 2 N–H and O–H groups in total. The van der Waals surface area contributed by atoms with Crippen LogP contribution in [0.1, 0.15) is 58.6 Å². The zero-order valence-corrected chi connectivity index (χ0v) is 25.6. The fourth-order valence-electron chi connectivity index (χ4n) is 5.09. The summed E-state index contributed by atoms with van der Waals surface area (Å²) in [6.45, 7) is 3.86. The van der Waals surface area contributed by atoms with E-state index in [0.717, 1.165) is 71.1 Å². The van der Waals surface area contributed by atoms with E-state index in [9.17, 15) is 9.36 Å². The number of thioether (sulfide) groups is 1. The van der Waals surface area contributed by atoms with Gasteiger partial charge in [-0.15, -0.1) is 16.9 Å². The molecule has 1 aromatic heterocycles. The minimum Gasteiger partial charge on any atom is -0.305 e. The molecule has 210 valence electrons. The lowest BCUT2D eigenvalue weighted by Gasteiger charge is -2.21. The number of carbonyl (C=O) groups is 1. The Bertz CT molecular complexity index is 1640. The van der Waals surface area contributed by atoms with Crippen molar-refractivity contribution in [3.05, 3.63) is 106 Å². The summed E-state index contributed by atoms with van der Waals surface area (Å²) in [5.74, 6) is 1.61. The van der Waals surface area contributed by atoms with Gasteiger partial charge in [-0.25, -0.2) is 4.98 Å². The van der Waals surface area contributed by atoms with Crippen molar-refractivity contribution < 1.29 is 9.36 Å². The number of nitrogens with zero attached hydrogens (tertiary/aromatic N) is 3. The molecule has 0 unspecified atom stereocenters. The number of H-pyrrole nitrogens is 2. The summed E-state index contributed by atoms with van der Waals surface area (Å²) in [4.78, 5) is 18.3. The molecule has 0 fully saturated rings. The molecule has 1 aliphatic rings. The Morgan fingerprint density at radius 2 is 1.51 bits per heavy atom. The Morgan fingerprint density at radius 3 is 2.10 bits per heavy atom. The van der Waals surface area contributed by atoms with Crippen molar-refractivity contribution in [3.63, 3.8) is 0 Å². The Hall–Kier alpha value is -3.39. The van der Waals surface area contributed by atoms with Crippen LogP contribution in [0.25, 0.3) is 0 Å². The summed E-state index contributed by atoms with van der Waals surface area (Å²) >= 11 is 6.67. The van der Waals surface area contributed by atoms with Crippen LogP contribution in [0, 0.1) is 18.6 Å². The molecule has 0 saturated carbocycles. The molecule has 0 amide bonds. The molecule has 2 heterocycles. The highest BCUT2D eigenvalue weighted by Gasteiger charge is 2.38. The first-order valence-electron chi connectivity index (χ1n) is 13.6. The van der Waals surface area contributed by atoms with Gasteiger partial charge in [0.15, 0.2) is 0 Å². The van der Waals surface area contributed by atoms with Crippen molar-refractivity contribution in [2.75, 3.05) is 0 Å². The second-order valence-corrected chi connectivity index (χ2v) is 14.2. The van der Waals surface area contributed by atoms with Crippen LogP contribution in [0.3, 0.4) is 0 Å². The minimum absolute atomic E-state index is 0.322. The predicted molar refractivity (Wildman–Crippen MR) is 172 cm³/mol. The number of hydrogen-bond donors (Lipinski definition) is 2. The number of nitrogens with one attached hydrogen (secondary N) is 2. The third-order valence-electron chi connectivity index (χ3n) is 7.07. The van der Waals surface area contributed by atoms with Crippen molar-refractivity contribution in [2.45, 2.75) is 51.7 Å². The van der Waals surface area contributed by atoms with Gasteiger partial charge in [0.25, 0.3) is 0 Å². The molecular weight excluding hydrogens is 569 g/mol. The Labute approximate surface area is 249 Å². The molecule has 0 saturated heterocycles. The number of benzene rings is 3. The van der Waals surface area contributed by atoms with Crippen LogP contribution >= 0.6 is 31.1 Å². The van der Waals surface area contributed by atoms with Gasteiger partial charge in [0.1, 0.15) is 10.9 Å². The van der Waals surface area contributed by atoms with Crippen LogP contribution in [-0.2, 0) is 16.7 Å². The number of aryl methyl sites for hydroxylation is 3. The van der Waals surface area contributed by atoms with E-state index in [2.05, 4.69) is 25.4 Å². The van der Waals surface area contributed by atoms with Gasteiger partial charge >= 0.3 is 0 Å². The summed E-state index contributed by atoms with van der Waals surface area (Å²) in [7, 11) is -3.56.